The van der Waals surface area contributed by atoms with Crippen molar-refractivity contribution in [1.29, 1.82) is 0 Å². The Bertz CT molecular complexity index is 165. The molecular formula is C10H22O6S2. The third-order valence-electron chi connectivity index (χ3n) is 2.35. The van der Waals surface area contributed by atoms with Crippen LogP contribution < -0.4 is 0 Å². The van der Waals surface area contributed by atoms with Crippen LogP contribution in [0.1, 0.15) is 0 Å². The van der Waals surface area contributed by atoms with Gasteiger partial charge in [-0.25, -0.2) is 0 Å². The summed E-state index contributed by atoms with van der Waals surface area (Å²) in [6.45, 7) is -0.321. The topological polar surface area (TPSA) is 77.4 Å². The van der Waals surface area contributed by atoms with E-state index in [1.165, 1.54) is 14.2 Å². The van der Waals surface area contributed by atoms with Crippen molar-refractivity contribution in [3.05, 3.63) is 0 Å². The Hall–Kier alpha value is 0.460. The quantitative estimate of drug-likeness (QED) is 0.306. The summed E-state index contributed by atoms with van der Waals surface area (Å²) < 4.78 is 20.2. The van der Waals surface area contributed by atoms with Gasteiger partial charge in [-0.05, 0) is 0 Å². The van der Waals surface area contributed by atoms with E-state index in [-0.39, 0.29) is 23.7 Å². The van der Waals surface area contributed by atoms with Crippen molar-refractivity contribution in [2.75, 3.05) is 41.0 Å². The van der Waals surface area contributed by atoms with Gasteiger partial charge < -0.3 is 29.2 Å². The van der Waals surface area contributed by atoms with Gasteiger partial charge in [0.1, 0.15) is 13.6 Å². The lowest BCUT2D eigenvalue weighted by Gasteiger charge is -2.31. The SMILES string of the molecule is COCC(OCO)C(S)C(S)C(COC)OCO. The molecule has 110 valence electrons. The first-order valence-corrected chi connectivity index (χ1v) is 6.44. The molecule has 4 unspecified atom stereocenters. The molecule has 0 aliphatic heterocycles. The van der Waals surface area contributed by atoms with Crippen LogP contribution in [0.2, 0.25) is 0 Å². The molecule has 0 fully saturated rings. The van der Waals surface area contributed by atoms with E-state index in [1.54, 1.807) is 0 Å². The van der Waals surface area contributed by atoms with Crippen LogP contribution in [-0.4, -0.2) is 73.9 Å². The van der Waals surface area contributed by atoms with Gasteiger partial charge in [-0.3, -0.25) is 0 Å². The molecule has 2 N–H and O–H groups in total. The van der Waals surface area contributed by atoms with Crippen LogP contribution >= 0.6 is 25.3 Å². The fourth-order valence-corrected chi connectivity index (χ4v) is 2.18. The summed E-state index contributed by atoms with van der Waals surface area (Å²) in [4.78, 5) is 0. The van der Waals surface area contributed by atoms with Crippen molar-refractivity contribution in [2.45, 2.75) is 22.7 Å². The van der Waals surface area contributed by atoms with Crippen molar-refractivity contribution in [3.63, 3.8) is 0 Å². The third-order valence-corrected chi connectivity index (χ3v) is 3.89. The standard InChI is InChI=1S/C10H22O6S2/c1-13-3-7(15-5-11)9(17)10(18)8(4-14-2)16-6-12/h7-12,17-18H,3-6H2,1-2H3. The third kappa shape index (κ3) is 6.58. The highest BCUT2D eigenvalue weighted by molar-refractivity contribution is 7.85. The van der Waals surface area contributed by atoms with Gasteiger partial charge >= 0.3 is 0 Å². The molecule has 0 aromatic rings. The molecule has 0 rings (SSSR count). The van der Waals surface area contributed by atoms with Crippen molar-refractivity contribution in [3.8, 4) is 0 Å². The zero-order valence-corrected chi connectivity index (χ0v) is 12.3. The Balaban J connectivity index is 4.51. The summed E-state index contributed by atoms with van der Waals surface area (Å²) in [7, 11) is 3.05. The number of ether oxygens (including phenoxy) is 4. The summed E-state index contributed by atoms with van der Waals surface area (Å²) in [5.74, 6) is 0. The van der Waals surface area contributed by atoms with Crippen LogP contribution in [0.3, 0.4) is 0 Å². The maximum absolute atomic E-state index is 8.81. The van der Waals surface area contributed by atoms with E-state index in [9.17, 15) is 0 Å². The Morgan fingerprint density at radius 2 is 1.17 bits per heavy atom. The summed E-state index contributed by atoms with van der Waals surface area (Å²) in [6, 6.07) is 0. The minimum absolute atomic E-state index is 0.268. The van der Waals surface area contributed by atoms with Gasteiger partial charge in [0.15, 0.2) is 0 Å². The summed E-state index contributed by atoms with van der Waals surface area (Å²) >= 11 is 8.81. The van der Waals surface area contributed by atoms with E-state index >= 15 is 0 Å². The molecule has 8 heteroatoms. The minimum atomic E-state index is -0.438. The molecule has 0 aliphatic rings. The van der Waals surface area contributed by atoms with E-state index in [0.717, 1.165) is 0 Å². The van der Waals surface area contributed by atoms with Gasteiger partial charge in [0.25, 0.3) is 0 Å². The van der Waals surface area contributed by atoms with E-state index in [2.05, 4.69) is 25.3 Å². The molecule has 0 heterocycles. The summed E-state index contributed by atoms with van der Waals surface area (Å²) in [5, 5.41) is 16.9. The normalized spacial score (nSPS) is 18.3. The number of thiol groups is 2. The summed E-state index contributed by atoms with van der Waals surface area (Å²) in [5.41, 5.74) is 0. The molecule has 0 saturated carbocycles. The molecule has 4 atom stereocenters. The van der Waals surface area contributed by atoms with Gasteiger partial charge in [-0.2, -0.15) is 25.3 Å². The van der Waals surface area contributed by atoms with Crippen LogP contribution in [0.4, 0.5) is 0 Å². The van der Waals surface area contributed by atoms with Gasteiger partial charge in [-0.15, -0.1) is 0 Å². The lowest BCUT2D eigenvalue weighted by Crippen LogP contribution is -2.44. The number of rotatable bonds is 11. The largest absolute Gasteiger partial charge is 0.382 e. The molecule has 0 saturated heterocycles. The minimum Gasteiger partial charge on any atom is -0.382 e. The van der Waals surface area contributed by atoms with Gasteiger partial charge in [0.05, 0.1) is 25.4 Å². The molecule has 0 amide bonds. The van der Waals surface area contributed by atoms with Crippen molar-refractivity contribution >= 4 is 25.3 Å². The second-order valence-electron chi connectivity index (χ2n) is 3.56. The lowest BCUT2D eigenvalue weighted by molar-refractivity contribution is -0.0953. The molecule has 0 aliphatic carbocycles. The van der Waals surface area contributed by atoms with Crippen LogP contribution in [0.25, 0.3) is 0 Å². The van der Waals surface area contributed by atoms with Crippen molar-refractivity contribution < 1.29 is 29.2 Å². The Morgan fingerprint density at radius 1 is 0.833 bits per heavy atom. The number of hydrogen-bond donors (Lipinski definition) is 4. The van der Waals surface area contributed by atoms with E-state index in [4.69, 9.17) is 29.2 Å². The highest BCUT2D eigenvalue weighted by Gasteiger charge is 2.31. The van der Waals surface area contributed by atoms with E-state index < -0.39 is 25.8 Å². The van der Waals surface area contributed by atoms with Crippen molar-refractivity contribution in [1.82, 2.24) is 0 Å². The highest BCUT2D eigenvalue weighted by atomic mass is 32.1. The molecule has 0 spiro atoms. The highest BCUT2D eigenvalue weighted by Crippen LogP contribution is 2.21. The zero-order valence-electron chi connectivity index (χ0n) is 10.6. The zero-order chi connectivity index (χ0) is 14.0. The monoisotopic (exact) mass is 302 g/mol. The second kappa shape index (κ2) is 11.3. The molecule has 18 heavy (non-hydrogen) atoms. The molecule has 6 nitrogen and oxygen atoms in total. The van der Waals surface area contributed by atoms with Crippen LogP contribution in [0.5, 0.6) is 0 Å². The number of aliphatic hydroxyl groups excluding tert-OH is 2. The average Bonchev–Trinajstić information content (AvgIpc) is 2.36. The first-order chi connectivity index (χ1) is 8.62. The maximum atomic E-state index is 8.81. The lowest BCUT2D eigenvalue weighted by atomic mass is 10.1. The van der Waals surface area contributed by atoms with Crippen molar-refractivity contribution in [2.24, 2.45) is 0 Å². The molecular weight excluding hydrogens is 280 g/mol. The Kier molecular flexibility index (Phi) is 11.6. The Morgan fingerprint density at radius 3 is 1.39 bits per heavy atom. The number of hydrogen-bond acceptors (Lipinski definition) is 8. The van der Waals surface area contributed by atoms with E-state index in [0.29, 0.717) is 0 Å². The molecule has 0 bridgehead atoms. The fourth-order valence-electron chi connectivity index (χ4n) is 1.45. The predicted octanol–water partition coefficient (Wildman–Crippen LogP) is -0.454. The van der Waals surface area contributed by atoms with Crippen LogP contribution in [0.15, 0.2) is 0 Å². The first kappa shape index (κ1) is 18.5. The number of aliphatic hydroxyl groups is 2. The predicted molar refractivity (Wildman–Crippen MR) is 73.2 cm³/mol. The molecule has 0 radical (unpaired) electrons. The second-order valence-corrected chi connectivity index (χ2v) is 4.75. The molecule has 0 aromatic heterocycles. The fraction of sp³-hybridized carbons (Fsp3) is 1.00. The van der Waals surface area contributed by atoms with E-state index in [1.807, 2.05) is 0 Å². The van der Waals surface area contributed by atoms with Gasteiger partial charge in [0.2, 0.25) is 0 Å². The Labute approximate surface area is 118 Å². The van der Waals surface area contributed by atoms with Gasteiger partial charge in [0, 0.05) is 24.7 Å². The summed E-state index contributed by atoms with van der Waals surface area (Å²) in [6.07, 6.45) is -0.875. The molecule has 0 aromatic carbocycles. The maximum Gasteiger partial charge on any atom is 0.144 e. The average molecular weight is 302 g/mol. The van der Waals surface area contributed by atoms with Crippen LogP contribution in [0, 0.1) is 0 Å². The van der Waals surface area contributed by atoms with Crippen LogP contribution in [-0.2, 0) is 18.9 Å². The van der Waals surface area contributed by atoms with Gasteiger partial charge in [-0.1, -0.05) is 0 Å². The smallest absolute Gasteiger partial charge is 0.144 e. The first-order valence-electron chi connectivity index (χ1n) is 5.41. The number of methoxy groups -OCH3 is 2.